The van der Waals surface area contributed by atoms with E-state index in [0.29, 0.717) is 6.61 Å². The average Bonchev–Trinajstić information content (AvgIpc) is 2.53. The lowest BCUT2D eigenvalue weighted by Gasteiger charge is -2.11. The third-order valence-electron chi connectivity index (χ3n) is 3.36. The molecule has 0 aliphatic heterocycles. The zero-order chi connectivity index (χ0) is 14.4. The van der Waals surface area contributed by atoms with Gasteiger partial charge in [-0.2, -0.15) is 0 Å². The Hall–Kier alpha value is -1.84. The monoisotopic (exact) mass is 271 g/mol. The lowest BCUT2D eigenvalue weighted by atomic mass is 10.1. The van der Waals surface area contributed by atoms with Crippen LogP contribution >= 0.6 is 0 Å². The molecule has 2 rings (SSSR count). The first-order chi connectivity index (χ1) is 9.72. The van der Waals surface area contributed by atoms with E-state index in [4.69, 9.17) is 15.6 Å². The Kier molecular flexibility index (Phi) is 5.16. The van der Waals surface area contributed by atoms with Crippen LogP contribution in [0.25, 0.3) is 0 Å². The minimum atomic E-state index is 0.0697. The second kappa shape index (κ2) is 7.08. The van der Waals surface area contributed by atoms with E-state index in [1.807, 2.05) is 48.5 Å². The van der Waals surface area contributed by atoms with Gasteiger partial charge in [0.15, 0.2) is 0 Å². The van der Waals surface area contributed by atoms with Gasteiger partial charge in [0.05, 0.1) is 6.61 Å². The van der Waals surface area contributed by atoms with Gasteiger partial charge in [0.25, 0.3) is 0 Å². The van der Waals surface area contributed by atoms with Crippen molar-refractivity contribution >= 4 is 0 Å². The molecule has 0 heterocycles. The summed E-state index contributed by atoms with van der Waals surface area (Å²) in [6.07, 6.45) is 0.928. The van der Waals surface area contributed by atoms with Crippen LogP contribution in [0.15, 0.2) is 48.5 Å². The molecule has 1 atom stereocenters. The molecule has 2 aromatic rings. The van der Waals surface area contributed by atoms with Gasteiger partial charge in [-0.1, -0.05) is 43.3 Å². The number of ether oxygens (including phenoxy) is 1. The van der Waals surface area contributed by atoms with Gasteiger partial charge >= 0.3 is 0 Å². The van der Waals surface area contributed by atoms with E-state index in [9.17, 15) is 0 Å². The number of hydrogen-bond acceptors (Lipinski definition) is 3. The summed E-state index contributed by atoms with van der Waals surface area (Å²) < 4.78 is 5.73. The SMILES string of the molecule is CC[C@H](N)c1ccc(OCc2ccc(CO)cc2)cc1. The van der Waals surface area contributed by atoms with E-state index >= 15 is 0 Å². The highest BCUT2D eigenvalue weighted by atomic mass is 16.5. The molecule has 3 nitrogen and oxygen atoms in total. The number of aliphatic hydroxyl groups excluding tert-OH is 1. The molecule has 0 bridgehead atoms. The molecule has 0 aromatic heterocycles. The van der Waals surface area contributed by atoms with Crippen molar-refractivity contribution in [3.05, 3.63) is 65.2 Å². The maximum absolute atomic E-state index is 8.99. The topological polar surface area (TPSA) is 55.5 Å². The Morgan fingerprint density at radius 2 is 1.60 bits per heavy atom. The first-order valence-corrected chi connectivity index (χ1v) is 6.90. The van der Waals surface area contributed by atoms with Gasteiger partial charge in [-0.15, -0.1) is 0 Å². The summed E-state index contributed by atoms with van der Waals surface area (Å²) in [6.45, 7) is 2.66. The predicted molar refractivity (Wildman–Crippen MR) is 80.4 cm³/mol. The number of aliphatic hydroxyl groups is 1. The van der Waals surface area contributed by atoms with Crippen molar-refractivity contribution in [1.29, 1.82) is 0 Å². The largest absolute Gasteiger partial charge is 0.489 e. The van der Waals surface area contributed by atoms with Gasteiger partial charge in [-0.3, -0.25) is 0 Å². The van der Waals surface area contributed by atoms with Crippen LogP contribution in [-0.4, -0.2) is 5.11 Å². The summed E-state index contributed by atoms with van der Waals surface area (Å²) in [4.78, 5) is 0. The van der Waals surface area contributed by atoms with Crippen LogP contribution < -0.4 is 10.5 Å². The fourth-order valence-corrected chi connectivity index (χ4v) is 1.95. The fourth-order valence-electron chi connectivity index (χ4n) is 1.95. The molecule has 3 N–H and O–H groups in total. The number of nitrogens with two attached hydrogens (primary N) is 1. The highest BCUT2D eigenvalue weighted by Gasteiger charge is 2.03. The lowest BCUT2D eigenvalue weighted by molar-refractivity contribution is 0.281. The lowest BCUT2D eigenvalue weighted by Crippen LogP contribution is -2.08. The maximum atomic E-state index is 8.99. The summed E-state index contributed by atoms with van der Waals surface area (Å²) >= 11 is 0. The minimum absolute atomic E-state index is 0.0697. The molecule has 20 heavy (non-hydrogen) atoms. The maximum Gasteiger partial charge on any atom is 0.119 e. The van der Waals surface area contributed by atoms with Crippen LogP contribution in [0.4, 0.5) is 0 Å². The summed E-state index contributed by atoms with van der Waals surface area (Å²) in [6, 6.07) is 15.8. The molecule has 0 amide bonds. The molecule has 0 spiro atoms. The van der Waals surface area contributed by atoms with Gasteiger partial charge in [0.2, 0.25) is 0 Å². The zero-order valence-corrected chi connectivity index (χ0v) is 11.8. The van der Waals surface area contributed by atoms with Crippen molar-refractivity contribution in [2.24, 2.45) is 5.73 Å². The highest BCUT2D eigenvalue weighted by Crippen LogP contribution is 2.19. The summed E-state index contributed by atoms with van der Waals surface area (Å²) in [7, 11) is 0. The Bertz CT molecular complexity index is 520. The molecule has 0 aliphatic rings. The van der Waals surface area contributed by atoms with E-state index in [-0.39, 0.29) is 12.6 Å². The first kappa shape index (κ1) is 14.6. The first-order valence-electron chi connectivity index (χ1n) is 6.90. The Morgan fingerprint density at radius 3 is 2.15 bits per heavy atom. The van der Waals surface area contributed by atoms with Gasteiger partial charge < -0.3 is 15.6 Å². The molecule has 0 saturated carbocycles. The predicted octanol–water partition coefficient (Wildman–Crippen LogP) is 3.17. The number of rotatable bonds is 6. The third kappa shape index (κ3) is 3.83. The smallest absolute Gasteiger partial charge is 0.119 e. The molecule has 3 heteroatoms. The normalized spacial score (nSPS) is 12.2. The van der Waals surface area contributed by atoms with Crippen molar-refractivity contribution in [3.63, 3.8) is 0 Å². The summed E-state index contributed by atoms with van der Waals surface area (Å²) in [5.74, 6) is 0.836. The van der Waals surface area contributed by atoms with Crippen molar-refractivity contribution in [3.8, 4) is 5.75 Å². The standard InChI is InChI=1S/C17H21NO2/c1-2-17(18)15-7-9-16(10-8-15)20-12-14-5-3-13(11-19)4-6-14/h3-10,17,19H,2,11-12,18H2,1H3/t17-/m0/s1. The third-order valence-corrected chi connectivity index (χ3v) is 3.36. The zero-order valence-electron chi connectivity index (χ0n) is 11.8. The van der Waals surface area contributed by atoms with E-state index in [2.05, 4.69) is 6.92 Å². The van der Waals surface area contributed by atoms with Crippen LogP contribution in [0.3, 0.4) is 0 Å². The highest BCUT2D eigenvalue weighted by molar-refractivity contribution is 5.29. The summed E-state index contributed by atoms with van der Waals surface area (Å²) in [5, 5.41) is 8.99. The van der Waals surface area contributed by atoms with E-state index in [0.717, 1.165) is 28.9 Å². The number of benzene rings is 2. The van der Waals surface area contributed by atoms with E-state index < -0.39 is 0 Å². The molecule has 0 saturated heterocycles. The Labute approximate surface area is 120 Å². The minimum Gasteiger partial charge on any atom is -0.489 e. The van der Waals surface area contributed by atoms with Crippen LogP contribution in [0.2, 0.25) is 0 Å². The number of hydrogen-bond donors (Lipinski definition) is 2. The molecule has 0 radical (unpaired) electrons. The summed E-state index contributed by atoms with van der Waals surface area (Å²) in [5.41, 5.74) is 9.10. The molecule has 106 valence electrons. The average molecular weight is 271 g/mol. The molecular formula is C17H21NO2. The van der Waals surface area contributed by atoms with Gasteiger partial charge in [0, 0.05) is 6.04 Å². The quantitative estimate of drug-likeness (QED) is 0.848. The second-order valence-corrected chi connectivity index (χ2v) is 4.85. The second-order valence-electron chi connectivity index (χ2n) is 4.85. The molecule has 0 unspecified atom stereocenters. The molecule has 0 aliphatic carbocycles. The van der Waals surface area contributed by atoms with Crippen molar-refractivity contribution in [2.45, 2.75) is 32.6 Å². The van der Waals surface area contributed by atoms with Crippen molar-refractivity contribution in [1.82, 2.24) is 0 Å². The van der Waals surface area contributed by atoms with Gasteiger partial charge in [0.1, 0.15) is 12.4 Å². The van der Waals surface area contributed by atoms with E-state index in [1.165, 1.54) is 0 Å². The Balaban J connectivity index is 1.93. The van der Waals surface area contributed by atoms with Crippen molar-refractivity contribution < 1.29 is 9.84 Å². The fraction of sp³-hybridized carbons (Fsp3) is 0.294. The van der Waals surface area contributed by atoms with Crippen LogP contribution in [0.1, 0.15) is 36.1 Å². The molecular weight excluding hydrogens is 250 g/mol. The van der Waals surface area contributed by atoms with Crippen LogP contribution in [-0.2, 0) is 13.2 Å². The van der Waals surface area contributed by atoms with Gasteiger partial charge in [-0.25, -0.2) is 0 Å². The van der Waals surface area contributed by atoms with E-state index in [1.54, 1.807) is 0 Å². The Morgan fingerprint density at radius 1 is 1.00 bits per heavy atom. The van der Waals surface area contributed by atoms with Crippen molar-refractivity contribution in [2.75, 3.05) is 0 Å². The molecule has 0 fully saturated rings. The van der Waals surface area contributed by atoms with Gasteiger partial charge in [-0.05, 0) is 35.2 Å². The van der Waals surface area contributed by atoms with Crippen LogP contribution in [0, 0.1) is 0 Å². The van der Waals surface area contributed by atoms with Crippen LogP contribution in [0.5, 0.6) is 5.75 Å². The molecule has 2 aromatic carbocycles.